The second kappa shape index (κ2) is 2.70. The maximum absolute atomic E-state index is 8.43. The Morgan fingerprint density at radius 2 is 2.27 bits per heavy atom. The third-order valence-corrected chi connectivity index (χ3v) is 3.04. The molecule has 0 heterocycles. The van der Waals surface area contributed by atoms with Crippen molar-refractivity contribution in [3.05, 3.63) is 12.2 Å². The van der Waals surface area contributed by atoms with Gasteiger partial charge in [0.1, 0.15) is 0 Å². The van der Waals surface area contributed by atoms with Crippen molar-refractivity contribution in [2.24, 2.45) is 17.8 Å². The summed E-state index contributed by atoms with van der Waals surface area (Å²) in [5, 5.41) is 8.43. The van der Waals surface area contributed by atoms with Gasteiger partial charge in [-0.3, -0.25) is 0 Å². The third kappa shape index (κ3) is 1.18. The quantitative estimate of drug-likeness (QED) is 0.550. The fraction of sp³-hybridized carbons (Fsp3) is 0.700. The van der Waals surface area contributed by atoms with Crippen LogP contribution in [0.1, 0.15) is 25.7 Å². The lowest BCUT2D eigenvalue weighted by Gasteiger charge is -2.15. The van der Waals surface area contributed by atoms with Crippen LogP contribution in [-0.4, -0.2) is 0 Å². The van der Waals surface area contributed by atoms with Crippen LogP contribution in [0.2, 0.25) is 0 Å². The lowest BCUT2D eigenvalue weighted by atomic mass is 9.90. The van der Waals surface area contributed by atoms with Crippen molar-refractivity contribution in [3.8, 4) is 6.07 Å². The molecule has 0 radical (unpaired) electrons. The molecule has 2 aliphatic carbocycles. The van der Waals surface area contributed by atoms with Crippen molar-refractivity contribution >= 4 is 0 Å². The van der Waals surface area contributed by atoms with E-state index in [9.17, 15) is 0 Å². The molecule has 1 saturated carbocycles. The van der Waals surface area contributed by atoms with E-state index in [2.05, 4.69) is 18.2 Å². The van der Waals surface area contributed by atoms with Crippen LogP contribution in [0.3, 0.4) is 0 Å². The summed E-state index contributed by atoms with van der Waals surface area (Å²) in [6.45, 7) is 0. The number of nitriles is 1. The average Bonchev–Trinajstić information content (AvgIpc) is 2.60. The zero-order chi connectivity index (χ0) is 7.68. The molecule has 3 unspecified atom stereocenters. The highest BCUT2D eigenvalue weighted by Gasteiger charge is 2.34. The summed E-state index contributed by atoms with van der Waals surface area (Å²) in [4.78, 5) is 0. The minimum atomic E-state index is 0.752. The van der Waals surface area contributed by atoms with Gasteiger partial charge >= 0.3 is 0 Å². The van der Waals surface area contributed by atoms with E-state index >= 15 is 0 Å². The van der Waals surface area contributed by atoms with Crippen molar-refractivity contribution in [2.75, 3.05) is 0 Å². The Morgan fingerprint density at radius 3 is 2.82 bits per heavy atom. The van der Waals surface area contributed by atoms with Crippen molar-refractivity contribution in [1.82, 2.24) is 0 Å². The second-order valence-electron chi connectivity index (χ2n) is 3.74. The normalized spacial score (nSPS) is 39.4. The van der Waals surface area contributed by atoms with Gasteiger partial charge in [-0.15, -0.1) is 0 Å². The van der Waals surface area contributed by atoms with Crippen LogP contribution in [0.4, 0.5) is 0 Å². The molecule has 0 N–H and O–H groups in total. The molecule has 58 valence electrons. The molecule has 1 fully saturated rings. The van der Waals surface area contributed by atoms with Crippen LogP contribution >= 0.6 is 0 Å². The van der Waals surface area contributed by atoms with Gasteiger partial charge in [-0.2, -0.15) is 5.26 Å². The molecule has 11 heavy (non-hydrogen) atoms. The standard InChI is InChI=1S/C10H13N/c11-5-1-2-9-6-8-3-4-10(9)7-8/h3-4,8-10H,1-2,6-7H2. The van der Waals surface area contributed by atoms with E-state index in [-0.39, 0.29) is 0 Å². The van der Waals surface area contributed by atoms with Gasteiger partial charge in [0, 0.05) is 6.42 Å². The SMILES string of the molecule is N#CCCC1CC2C=CC1C2. The lowest BCUT2D eigenvalue weighted by molar-refractivity contribution is 0.421. The minimum Gasteiger partial charge on any atom is -0.198 e. The molecule has 0 aromatic rings. The van der Waals surface area contributed by atoms with Crippen LogP contribution in [-0.2, 0) is 0 Å². The van der Waals surface area contributed by atoms with Gasteiger partial charge in [0.15, 0.2) is 0 Å². The average molecular weight is 147 g/mol. The Kier molecular flexibility index (Phi) is 1.69. The van der Waals surface area contributed by atoms with E-state index in [4.69, 9.17) is 5.26 Å². The number of rotatable bonds is 2. The van der Waals surface area contributed by atoms with E-state index < -0.39 is 0 Å². The fourth-order valence-electron chi connectivity index (χ4n) is 2.48. The Bertz CT molecular complexity index is 211. The minimum absolute atomic E-state index is 0.752. The molecule has 2 bridgehead atoms. The Labute approximate surface area is 67.7 Å². The van der Waals surface area contributed by atoms with Crippen LogP contribution in [0.25, 0.3) is 0 Å². The molecule has 0 aliphatic heterocycles. The van der Waals surface area contributed by atoms with Gasteiger partial charge in [-0.1, -0.05) is 12.2 Å². The van der Waals surface area contributed by atoms with Crippen LogP contribution in [0.5, 0.6) is 0 Å². The first-order chi connectivity index (χ1) is 5.40. The van der Waals surface area contributed by atoms with Gasteiger partial charge in [-0.05, 0) is 37.0 Å². The van der Waals surface area contributed by atoms with Gasteiger partial charge < -0.3 is 0 Å². The summed E-state index contributed by atoms with van der Waals surface area (Å²) in [5.41, 5.74) is 0. The first-order valence-corrected chi connectivity index (χ1v) is 4.45. The predicted molar refractivity (Wildman–Crippen MR) is 43.7 cm³/mol. The lowest BCUT2D eigenvalue weighted by Crippen LogP contribution is -2.05. The Morgan fingerprint density at radius 1 is 1.36 bits per heavy atom. The molecular formula is C10H13N. The highest BCUT2D eigenvalue weighted by atomic mass is 14.4. The van der Waals surface area contributed by atoms with Crippen LogP contribution in [0.15, 0.2) is 12.2 Å². The van der Waals surface area contributed by atoms with Crippen molar-refractivity contribution in [3.63, 3.8) is 0 Å². The molecule has 1 heteroatoms. The highest BCUT2D eigenvalue weighted by Crippen LogP contribution is 2.45. The van der Waals surface area contributed by atoms with E-state index in [0.717, 1.165) is 30.6 Å². The topological polar surface area (TPSA) is 23.8 Å². The van der Waals surface area contributed by atoms with Crippen LogP contribution < -0.4 is 0 Å². The molecule has 0 spiro atoms. The monoisotopic (exact) mass is 147 g/mol. The first-order valence-electron chi connectivity index (χ1n) is 4.45. The predicted octanol–water partition coefficient (Wildman–Crippen LogP) is 2.50. The summed E-state index contributed by atoms with van der Waals surface area (Å²) in [7, 11) is 0. The summed E-state index contributed by atoms with van der Waals surface area (Å²) in [6, 6.07) is 2.23. The smallest absolute Gasteiger partial charge is 0.0621 e. The molecule has 0 amide bonds. The largest absolute Gasteiger partial charge is 0.198 e. The van der Waals surface area contributed by atoms with Gasteiger partial charge in [0.25, 0.3) is 0 Å². The zero-order valence-electron chi connectivity index (χ0n) is 6.66. The summed E-state index contributed by atoms with van der Waals surface area (Å²) in [6.07, 6.45) is 9.31. The third-order valence-electron chi connectivity index (χ3n) is 3.04. The van der Waals surface area contributed by atoms with E-state index in [1.165, 1.54) is 12.8 Å². The molecule has 1 nitrogen and oxygen atoms in total. The Balaban J connectivity index is 1.89. The number of hydrogen-bond donors (Lipinski definition) is 0. The summed E-state index contributed by atoms with van der Waals surface area (Å²) < 4.78 is 0. The summed E-state index contributed by atoms with van der Waals surface area (Å²) in [5.74, 6) is 2.53. The van der Waals surface area contributed by atoms with Crippen molar-refractivity contribution < 1.29 is 0 Å². The number of nitrogens with zero attached hydrogens (tertiary/aromatic N) is 1. The second-order valence-corrected chi connectivity index (χ2v) is 3.74. The zero-order valence-corrected chi connectivity index (χ0v) is 6.66. The fourth-order valence-corrected chi connectivity index (χ4v) is 2.48. The first kappa shape index (κ1) is 6.91. The molecule has 2 rings (SSSR count). The van der Waals surface area contributed by atoms with Crippen LogP contribution in [0, 0.1) is 29.1 Å². The van der Waals surface area contributed by atoms with E-state index in [1.807, 2.05) is 0 Å². The maximum Gasteiger partial charge on any atom is 0.0621 e. The molecule has 0 aromatic carbocycles. The van der Waals surface area contributed by atoms with Crippen molar-refractivity contribution in [2.45, 2.75) is 25.7 Å². The van der Waals surface area contributed by atoms with Crippen molar-refractivity contribution in [1.29, 1.82) is 5.26 Å². The highest BCUT2D eigenvalue weighted by molar-refractivity contribution is 5.10. The molecular weight excluding hydrogens is 134 g/mol. The van der Waals surface area contributed by atoms with Gasteiger partial charge in [0.05, 0.1) is 6.07 Å². The summed E-state index contributed by atoms with van der Waals surface area (Å²) >= 11 is 0. The molecule has 0 aromatic heterocycles. The number of fused-ring (bicyclic) bond motifs is 2. The van der Waals surface area contributed by atoms with Gasteiger partial charge in [-0.25, -0.2) is 0 Å². The van der Waals surface area contributed by atoms with E-state index in [0.29, 0.717) is 0 Å². The number of allylic oxidation sites excluding steroid dienone is 2. The Hall–Kier alpha value is -0.770. The maximum atomic E-state index is 8.43. The molecule has 0 saturated heterocycles. The van der Waals surface area contributed by atoms with Gasteiger partial charge in [0.2, 0.25) is 0 Å². The molecule has 2 aliphatic rings. The number of hydrogen-bond acceptors (Lipinski definition) is 1. The van der Waals surface area contributed by atoms with E-state index in [1.54, 1.807) is 0 Å². The molecule has 3 atom stereocenters.